The van der Waals surface area contributed by atoms with Gasteiger partial charge < -0.3 is 5.11 Å². The SMILES string of the molecule is CC(c1cc(Cl)sc1Cl)N1CCSCC1CC(=O)O. The van der Waals surface area contributed by atoms with Crippen LogP contribution in [0.5, 0.6) is 0 Å². The van der Waals surface area contributed by atoms with Crippen LogP contribution in [-0.4, -0.2) is 40.1 Å². The third-order valence-corrected chi connectivity index (χ3v) is 5.92. The van der Waals surface area contributed by atoms with Crippen LogP contribution in [0.1, 0.15) is 24.9 Å². The highest BCUT2D eigenvalue weighted by Crippen LogP contribution is 2.39. The molecule has 0 spiro atoms. The lowest BCUT2D eigenvalue weighted by atomic mass is 10.1. The molecule has 1 N–H and O–H groups in total. The summed E-state index contributed by atoms with van der Waals surface area (Å²) < 4.78 is 1.37. The van der Waals surface area contributed by atoms with E-state index in [1.165, 1.54) is 11.3 Å². The number of carboxylic acids is 1. The van der Waals surface area contributed by atoms with E-state index >= 15 is 0 Å². The van der Waals surface area contributed by atoms with Gasteiger partial charge in [0.2, 0.25) is 0 Å². The Kier molecular flexibility index (Phi) is 5.43. The fraction of sp³-hybridized carbons (Fsp3) is 0.583. The Morgan fingerprint density at radius 3 is 2.95 bits per heavy atom. The Morgan fingerprint density at radius 1 is 1.63 bits per heavy atom. The molecule has 0 aromatic carbocycles. The standard InChI is InChI=1S/C12H15Cl2NO2S2/c1-7(9-5-10(13)19-12(9)14)15-2-3-18-6-8(15)4-11(16)17/h5,7-8H,2-4,6H2,1H3,(H,16,17). The normalized spacial score (nSPS) is 22.4. The van der Waals surface area contributed by atoms with Crippen molar-refractivity contribution >= 4 is 52.3 Å². The van der Waals surface area contributed by atoms with E-state index < -0.39 is 5.97 Å². The first-order chi connectivity index (χ1) is 8.99. The molecule has 0 bridgehead atoms. The van der Waals surface area contributed by atoms with Crippen molar-refractivity contribution in [1.29, 1.82) is 0 Å². The average Bonchev–Trinajstić information content (AvgIpc) is 2.67. The van der Waals surface area contributed by atoms with Crippen molar-refractivity contribution in [3.05, 3.63) is 20.3 Å². The zero-order valence-electron chi connectivity index (χ0n) is 10.4. The molecule has 1 saturated heterocycles. The van der Waals surface area contributed by atoms with Crippen molar-refractivity contribution in [2.75, 3.05) is 18.1 Å². The molecule has 2 rings (SSSR count). The van der Waals surface area contributed by atoms with Crippen LogP contribution in [0.25, 0.3) is 0 Å². The largest absolute Gasteiger partial charge is 0.481 e. The molecule has 0 radical (unpaired) electrons. The second kappa shape index (κ2) is 6.68. The van der Waals surface area contributed by atoms with Gasteiger partial charge in [0, 0.05) is 35.7 Å². The Morgan fingerprint density at radius 2 is 2.37 bits per heavy atom. The summed E-state index contributed by atoms with van der Waals surface area (Å²) in [5, 5.41) is 9.01. The minimum atomic E-state index is -0.751. The van der Waals surface area contributed by atoms with Crippen molar-refractivity contribution in [3.63, 3.8) is 0 Å². The number of nitrogens with zero attached hydrogens (tertiary/aromatic N) is 1. The van der Waals surface area contributed by atoms with E-state index in [-0.39, 0.29) is 18.5 Å². The number of thioether (sulfide) groups is 1. The molecule has 0 saturated carbocycles. The van der Waals surface area contributed by atoms with Crippen molar-refractivity contribution in [2.24, 2.45) is 0 Å². The number of rotatable bonds is 4. The van der Waals surface area contributed by atoms with E-state index in [1.54, 1.807) is 0 Å². The lowest BCUT2D eigenvalue weighted by Gasteiger charge is -2.39. The summed E-state index contributed by atoms with van der Waals surface area (Å²) in [4.78, 5) is 13.2. The third kappa shape index (κ3) is 3.79. The highest BCUT2D eigenvalue weighted by atomic mass is 35.5. The van der Waals surface area contributed by atoms with Gasteiger partial charge >= 0.3 is 5.97 Å². The molecule has 3 nitrogen and oxygen atoms in total. The Labute approximate surface area is 130 Å². The Hall–Kier alpha value is 0.0600. The molecule has 7 heteroatoms. The van der Waals surface area contributed by atoms with Crippen molar-refractivity contribution in [2.45, 2.75) is 25.4 Å². The summed E-state index contributed by atoms with van der Waals surface area (Å²) in [6.07, 6.45) is 0.173. The van der Waals surface area contributed by atoms with Crippen molar-refractivity contribution in [1.82, 2.24) is 4.90 Å². The monoisotopic (exact) mass is 339 g/mol. The molecule has 0 aliphatic carbocycles. The van der Waals surface area contributed by atoms with Gasteiger partial charge in [0.15, 0.2) is 0 Å². The molecule has 1 fully saturated rings. The highest BCUT2D eigenvalue weighted by Gasteiger charge is 2.30. The van der Waals surface area contributed by atoms with Gasteiger partial charge in [-0.05, 0) is 13.0 Å². The second-order valence-corrected chi connectivity index (χ2v) is 7.96. The minimum absolute atomic E-state index is 0.0565. The van der Waals surface area contributed by atoms with E-state index in [2.05, 4.69) is 11.8 Å². The van der Waals surface area contributed by atoms with E-state index in [9.17, 15) is 4.79 Å². The van der Waals surface area contributed by atoms with Crippen molar-refractivity contribution < 1.29 is 9.90 Å². The minimum Gasteiger partial charge on any atom is -0.481 e. The molecule has 2 unspecified atom stereocenters. The fourth-order valence-corrected chi connectivity index (χ4v) is 5.09. The molecule has 1 aromatic rings. The van der Waals surface area contributed by atoms with Crippen LogP contribution >= 0.6 is 46.3 Å². The molecular formula is C12H15Cl2NO2S2. The van der Waals surface area contributed by atoms with Crippen LogP contribution in [-0.2, 0) is 4.79 Å². The van der Waals surface area contributed by atoms with Crippen LogP contribution in [0.2, 0.25) is 8.67 Å². The summed E-state index contributed by atoms with van der Waals surface area (Å²) >= 11 is 15.4. The first kappa shape index (κ1) is 15.4. The maximum atomic E-state index is 11.0. The highest BCUT2D eigenvalue weighted by molar-refractivity contribution is 7.99. The van der Waals surface area contributed by atoms with Crippen LogP contribution < -0.4 is 0 Å². The van der Waals surface area contributed by atoms with Crippen LogP contribution in [0.15, 0.2) is 6.07 Å². The molecule has 1 aromatic heterocycles. The number of hydrogen-bond acceptors (Lipinski definition) is 4. The number of aliphatic carboxylic acids is 1. The van der Waals surface area contributed by atoms with E-state index in [0.29, 0.717) is 8.67 Å². The number of carbonyl (C=O) groups is 1. The summed E-state index contributed by atoms with van der Waals surface area (Å²) in [5.41, 5.74) is 0.999. The summed E-state index contributed by atoms with van der Waals surface area (Å²) in [6.45, 7) is 2.95. The average molecular weight is 340 g/mol. The fourth-order valence-electron chi connectivity index (χ4n) is 2.37. The molecule has 0 amide bonds. The van der Waals surface area contributed by atoms with Gasteiger partial charge in [0.05, 0.1) is 15.1 Å². The van der Waals surface area contributed by atoms with Crippen LogP contribution in [0.3, 0.4) is 0 Å². The molecule has 106 valence electrons. The Balaban J connectivity index is 2.17. The summed E-state index contributed by atoms with van der Waals surface area (Å²) in [6, 6.07) is 2.04. The number of carboxylic acid groups (broad SMARTS) is 1. The molecular weight excluding hydrogens is 325 g/mol. The number of thiophene rings is 1. The summed E-state index contributed by atoms with van der Waals surface area (Å²) in [5.74, 6) is 1.13. The Bertz CT molecular complexity index is 467. The topological polar surface area (TPSA) is 40.5 Å². The van der Waals surface area contributed by atoms with Crippen LogP contribution in [0, 0.1) is 0 Å². The first-order valence-electron chi connectivity index (χ1n) is 5.99. The van der Waals surface area contributed by atoms with E-state index in [1.807, 2.05) is 17.8 Å². The lowest BCUT2D eigenvalue weighted by molar-refractivity contribution is -0.138. The number of hydrogen-bond donors (Lipinski definition) is 1. The quantitative estimate of drug-likeness (QED) is 0.899. The molecule has 1 aliphatic heterocycles. The number of halogens is 2. The smallest absolute Gasteiger partial charge is 0.304 e. The third-order valence-electron chi connectivity index (χ3n) is 3.31. The maximum absolute atomic E-state index is 11.0. The predicted molar refractivity (Wildman–Crippen MR) is 82.8 cm³/mol. The van der Waals surface area contributed by atoms with Gasteiger partial charge in [-0.2, -0.15) is 11.8 Å². The van der Waals surface area contributed by atoms with Gasteiger partial charge in [-0.15, -0.1) is 11.3 Å². The van der Waals surface area contributed by atoms with Gasteiger partial charge in [-0.1, -0.05) is 23.2 Å². The van der Waals surface area contributed by atoms with Gasteiger partial charge in [0.25, 0.3) is 0 Å². The zero-order chi connectivity index (χ0) is 14.0. The van der Waals surface area contributed by atoms with Gasteiger partial charge in [-0.25, -0.2) is 0 Å². The predicted octanol–water partition coefficient (Wildman–Crippen LogP) is 4.01. The van der Waals surface area contributed by atoms with E-state index in [4.69, 9.17) is 28.3 Å². The molecule has 2 atom stereocenters. The van der Waals surface area contributed by atoms with Gasteiger partial charge in [-0.3, -0.25) is 9.69 Å². The molecule has 19 heavy (non-hydrogen) atoms. The molecule has 2 heterocycles. The summed E-state index contributed by atoms with van der Waals surface area (Å²) in [7, 11) is 0. The lowest BCUT2D eigenvalue weighted by Crippen LogP contribution is -2.44. The second-order valence-electron chi connectivity index (χ2n) is 4.52. The van der Waals surface area contributed by atoms with Crippen molar-refractivity contribution in [3.8, 4) is 0 Å². The van der Waals surface area contributed by atoms with E-state index in [0.717, 1.165) is 23.6 Å². The van der Waals surface area contributed by atoms with Gasteiger partial charge in [0.1, 0.15) is 0 Å². The zero-order valence-corrected chi connectivity index (χ0v) is 13.6. The van der Waals surface area contributed by atoms with Crippen LogP contribution in [0.4, 0.5) is 0 Å². The maximum Gasteiger partial charge on any atom is 0.304 e. The first-order valence-corrected chi connectivity index (χ1v) is 8.71. The molecule has 1 aliphatic rings.